The van der Waals surface area contributed by atoms with Gasteiger partial charge in [0.25, 0.3) is 15.9 Å². The Morgan fingerprint density at radius 1 is 0.968 bits per heavy atom. The fourth-order valence-corrected chi connectivity index (χ4v) is 4.04. The number of sulfonamides is 1. The van der Waals surface area contributed by atoms with Crippen molar-refractivity contribution >= 4 is 27.3 Å². The molecule has 1 heterocycles. The Hall–Kier alpha value is -3.72. The molecule has 1 aliphatic heterocycles. The van der Waals surface area contributed by atoms with E-state index >= 15 is 0 Å². The van der Waals surface area contributed by atoms with Gasteiger partial charge in [-0.25, -0.2) is 8.42 Å². The van der Waals surface area contributed by atoms with Crippen molar-refractivity contribution in [1.82, 2.24) is 0 Å². The molecule has 3 aromatic rings. The van der Waals surface area contributed by atoms with E-state index in [2.05, 4.69) is 10.0 Å². The van der Waals surface area contributed by atoms with Crippen molar-refractivity contribution in [2.45, 2.75) is 11.0 Å². The van der Waals surface area contributed by atoms with Crippen LogP contribution in [-0.4, -0.2) is 34.1 Å². The number of ether oxygens (including phenoxy) is 3. The Bertz CT molecular complexity index is 1190. The number of para-hydroxylation sites is 2. The topological polar surface area (TPSA) is 103 Å². The van der Waals surface area contributed by atoms with E-state index in [1.54, 1.807) is 42.5 Å². The molecule has 8 nitrogen and oxygen atoms in total. The molecule has 0 radical (unpaired) electrons. The first-order chi connectivity index (χ1) is 14.9. The van der Waals surface area contributed by atoms with E-state index in [1.165, 1.54) is 31.4 Å². The minimum Gasteiger partial charge on any atom is -0.497 e. The van der Waals surface area contributed by atoms with Gasteiger partial charge in [-0.3, -0.25) is 9.52 Å². The van der Waals surface area contributed by atoms with Crippen molar-refractivity contribution in [2.75, 3.05) is 23.8 Å². The number of anilines is 2. The van der Waals surface area contributed by atoms with Crippen molar-refractivity contribution < 1.29 is 27.4 Å². The van der Waals surface area contributed by atoms with E-state index in [4.69, 9.17) is 14.2 Å². The minimum atomic E-state index is -3.80. The first-order valence-corrected chi connectivity index (χ1v) is 10.9. The summed E-state index contributed by atoms with van der Waals surface area (Å²) in [6.07, 6.45) is -0.812. The van der Waals surface area contributed by atoms with Gasteiger partial charge in [0, 0.05) is 11.8 Å². The number of carbonyl (C=O) groups is 1. The maximum absolute atomic E-state index is 12.6. The molecule has 0 bridgehead atoms. The summed E-state index contributed by atoms with van der Waals surface area (Å²) in [6, 6.07) is 19.5. The number of hydrogen-bond donors (Lipinski definition) is 2. The van der Waals surface area contributed by atoms with Gasteiger partial charge in [-0.2, -0.15) is 0 Å². The van der Waals surface area contributed by atoms with Gasteiger partial charge in [0.15, 0.2) is 11.5 Å². The Kier molecular flexibility index (Phi) is 5.68. The van der Waals surface area contributed by atoms with Crippen molar-refractivity contribution in [1.29, 1.82) is 0 Å². The Balaban J connectivity index is 1.41. The largest absolute Gasteiger partial charge is 0.497 e. The van der Waals surface area contributed by atoms with Gasteiger partial charge in [-0.1, -0.05) is 18.2 Å². The first-order valence-electron chi connectivity index (χ1n) is 9.41. The highest BCUT2D eigenvalue weighted by Gasteiger charge is 2.27. The van der Waals surface area contributed by atoms with Crippen LogP contribution in [0.1, 0.15) is 0 Å². The van der Waals surface area contributed by atoms with Crippen LogP contribution in [0.5, 0.6) is 17.2 Å². The van der Waals surface area contributed by atoms with Crippen LogP contribution in [-0.2, 0) is 14.8 Å². The van der Waals surface area contributed by atoms with Crippen molar-refractivity contribution in [2.24, 2.45) is 0 Å². The SMILES string of the molecule is COc1cccc(NS(=O)(=O)c2ccc(NC(=O)[C@H]3COc4ccccc4O3)cc2)c1. The van der Waals surface area contributed by atoms with Gasteiger partial charge < -0.3 is 19.5 Å². The molecule has 1 atom stereocenters. The molecule has 3 aromatic carbocycles. The molecule has 31 heavy (non-hydrogen) atoms. The number of amides is 1. The third-order valence-electron chi connectivity index (χ3n) is 4.56. The molecular weight excluding hydrogens is 420 g/mol. The lowest BCUT2D eigenvalue weighted by molar-refractivity contribution is -0.125. The molecule has 0 fully saturated rings. The summed E-state index contributed by atoms with van der Waals surface area (Å²) in [6.45, 7) is 0.0831. The van der Waals surface area contributed by atoms with Crippen molar-refractivity contribution in [3.05, 3.63) is 72.8 Å². The fraction of sp³-hybridized carbons (Fsp3) is 0.136. The fourth-order valence-electron chi connectivity index (χ4n) is 2.99. The summed E-state index contributed by atoms with van der Waals surface area (Å²) in [5, 5.41) is 2.71. The third-order valence-corrected chi connectivity index (χ3v) is 5.95. The van der Waals surface area contributed by atoms with Crippen LogP contribution in [0.3, 0.4) is 0 Å². The zero-order valence-corrected chi connectivity index (χ0v) is 17.4. The highest BCUT2D eigenvalue weighted by atomic mass is 32.2. The summed E-state index contributed by atoms with van der Waals surface area (Å²) < 4.78 is 44.1. The van der Waals surface area contributed by atoms with Crippen LogP contribution in [0.25, 0.3) is 0 Å². The third kappa shape index (κ3) is 4.72. The standard InChI is InChI=1S/C22H20N2O6S/c1-28-17-6-4-5-16(13-17)24-31(26,27)18-11-9-15(10-12-18)23-22(25)21-14-29-19-7-2-3-8-20(19)30-21/h2-13,21,24H,14H2,1H3,(H,23,25)/t21-/m1/s1. The van der Waals surface area contributed by atoms with Crippen LogP contribution >= 0.6 is 0 Å². The summed E-state index contributed by atoms with van der Waals surface area (Å²) in [4.78, 5) is 12.6. The predicted molar refractivity (Wildman–Crippen MR) is 115 cm³/mol. The van der Waals surface area contributed by atoms with Gasteiger partial charge >= 0.3 is 0 Å². The molecule has 0 saturated heterocycles. The lowest BCUT2D eigenvalue weighted by Gasteiger charge is -2.25. The quantitative estimate of drug-likeness (QED) is 0.610. The van der Waals surface area contributed by atoms with Crippen molar-refractivity contribution in [3.8, 4) is 17.2 Å². The molecule has 9 heteroatoms. The Morgan fingerprint density at radius 2 is 1.71 bits per heavy atom. The second kappa shape index (κ2) is 8.57. The Labute approximate surface area is 179 Å². The van der Waals surface area contributed by atoms with Crippen LogP contribution in [0.15, 0.2) is 77.7 Å². The van der Waals surface area contributed by atoms with Crippen LogP contribution in [0, 0.1) is 0 Å². The summed E-state index contributed by atoms with van der Waals surface area (Å²) in [5.41, 5.74) is 0.819. The number of hydrogen-bond acceptors (Lipinski definition) is 6. The van der Waals surface area contributed by atoms with Gasteiger partial charge in [0.2, 0.25) is 6.10 Å². The first kappa shape index (κ1) is 20.5. The average Bonchev–Trinajstić information content (AvgIpc) is 2.79. The van der Waals surface area contributed by atoms with E-state index in [1.807, 2.05) is 6.07 Å². The molecule has 0 aliphatic carbocycles. The molecule has 1 amide bonds. The zero-order valence-electron chi connectivity index (χ0n) is 16.6. The smallest absolute Gasteiger partial charge is 0.269 e. The number of nitrogens with one attached hydrogen (secondary N) is 2. The zero-order chi connectivity index (χ0) is 21.8. The molecule has 2 N–H and O–H groups in total. The molecule has 4 rings (SSSR count). The molecule has 0 saturated carbocycles. The number of carbonyl (C=O) groups excluding carboxylic acids is 1. The normalized spacial score (nSPS) is 15.1. The maximum atomic E-state index is 12.6. The minimum absolute atomic E-state index is 0.0551. The second-order valence-corrected chi connectivity index (χ2v) is 8.40. The number of benzene rings is 3. The molecule has 1 aliphatic rings. The summed E-state index contributed by atoms with van der Waals surface area (Å²) in [5.74, 6) is 1.23. The van der Waals surface area contributed by atoms with Crippen LogP contribution in [0.4, 0.5) is 11.4 Å². The number of rotatable bonds is 6. The van der Waals surface area contributed by atoms with E-state index in [9.17, 15) is 13.2 Å². The summed E-state index contributed by atoms with van der Waals surface area (Å²) >= 11 is 0. The monoisotopic (exact) mass is 440 g/mol. The lowest BCUT2D eigenvalue weighted by Crippen LogP contribution is -2.40. The highest BCUT2D eigenvalue weighted by Crippen LogP contribution is 2.31. The van der Waals surface area contributed by atoms with Crippen LogP contribution < -0.4 is 24.2 Å². The number of methoxy groups -OCH3 is 1. The van der Waals surface area contributed by atoms with Gasteiger partial charge in [0.05, 0.1) is 17.7 Å². The lowest BCUT2D eigenvalue weighted by atomic mass is 10.2. The molecule has 0 spiro atoms. The summed E-state index contributed by atoms with van der Waals surface area (Å²) in [7, 11) is -2.30. The van der Waals surface area contributed by atoms with Crippen LogP contribution in [0.2, 0.25) is 0 Å². The maximum Gasteiger partial charge on any atom is 0.269 e. The molecular formula is C22H20N2O6S. The Morgan fingerprint density at radius 3 is 2.45 bits per heavy atom. The van der Waals surface area contributed by atoms with Crippen molar-refractivity contribution in [3.63, 3.8) is 0 Å². The van der Waals surface area contributed by atoms with E-state index in [0.29, 0.717) is 28.6 Å². The van der Waals surface area contributed by atoms with Gasteiger partial charge in [-0.15, -0.1) is 0 Å². The van der Waals surface area contributed by atoms with E-state index in [0.717, 1.165) is 0 Å². The van der Waals surface area contributed by atoms with Gasteiger partial charge in [-0.05, 0) is 48.5 Å². The molecule has 0 aromatic heterocycles. The number of fused-ring (bicyclic) bond motifs is 1. The second-order valence-electron chi connectivity index (χ2n) is 6.72. The molecule has 0 unspecified atom stereocenters. The molecule has 160 valence electrons. The van der Waals surface area contributed by atoms with E-state index in [-0.39, 0.29) is 17.4 Å². The average molecular weight is 440 g/mol. The van der Waals surface area contributed by atoms with Gasteiger partial charge in [0.1, 0.15) is 12.4 Å². The van der Waals surface area contributed by atoms with E-state index < -0.39 is 16.1 Å². The predicted octanol–water partition coefficient (Wildman–Crippen LogP) is 3.27. The highest BCUT2D eigenvalue weighted by molar-refractivity contribution is 7.92.